The predicted molar refractivity (Wildman–Crippen MR) is 114 cm³/mol. The number of hydrogen-bond acceptors (Lipinski definition) is 8. The summed E-state index contributed by atoms with van der Waals surface area (Å²) in [4.78, 5) is 48.0. The number of carboxylic acid groups (broad SMARTS) is 3. The van der Waals surface area contributed by atoms with E-state index in [9.17, 15) is 19.2 Å². The second-order valence-electron chi connectivity index (χ2n) is 6.92. The molecule has 1 amide bonds. The van der Waals surface area contributed by atoms with Crippen LogP contribution < -0.4 is 0 Å². The van der Waals surface area contributed by atoms with Crippen LogP contribution in [0.3, 0.4) is 0 Å². The van der Waals surface area contributed by atoms with E-state index in [1.54, 1.807) is 4.90 Å². The maximum atomic E-state index is 12.9. The highest BCUT2D eigenvalue weighted by Crippen LogP contribution is 2.06. The summed E-state index contributed by atoms with van der Waals surface area (Å²) < 4.78 is 15.1. The van der Waals surface area contributed by atoms with E-state index in [1.807, 2.05) is 30.3 Å². The molecule has 0 atom stereocenters. The molecular weight excluding hydrogens is 440 g/mol. The first-order valence-corrected chi connectivity index (χ1v) is 10.2. The Morgan fingerprint density at radius 1 is 0.697 bits per heavy atom. The van der Waals surface area contributed by atoms with Crippen LogP contribution in [-0.4, -0.2) is 115 Å². The summed E-state index contributed by atoms with van der Waals surface area (Å²) in [6.45, 7) is -0.491. The standard InChI is InChI=1S/C21H30N2O10/c24-18(23(7-10-32-15-20(27)28)8-11-33-16-21(29)30)13-22(6-9-31-14-19(25)26)12-17-4-2-1-3-5-17/h1-5H,6-16H2,(H,25,26)(H,27,28)(H,29,30). The van der Waals surface area contributed by atoms with Gasteiger partial charge >= 0.3 is 17.9 Å². The van der Waals surface area contributed by atoms with Crippen molar-refractivity contribution >= 4 is 23.8 Å². The average molecular weight is 470 g/mol. The van der Waals surface area contributed by atoms with Crippen molar-refractivity contribution in [2.45, 2.75) is 6.54 Å². The third-order valence-corrected chi connectivity index (χ3v) is 4.20. The molecule has 0 saturated carbocycles. The number of carbonyl (C=O) groups is 4. The number of aliphatic carboxylic acids is 3. The zero-order valence-electron chi connectivity index (χ0n) is 18.3. The first-order chi connectivity index (χ1) is 15.8. The maximum Gasteiger partial charge on any atom is 0.329 e. The molecular formula is C21H30N2O10. The van der Waals surface area contributed by atoms with Gasteiger partial charge < -0.3 is 34.4 Å². The fourth-order valence-electron chi connectivity index (χ4n) is 2.73. The molecule has 0 saturated heterocycles. The third-order valence-electron chi connectivity index (χ3n) is 4.20. The lowest BCUT2D eigenvalue weighted by Gasteiger charge is -2.27. The lowest BCUT2D eigenvalue weighted by atomic mass is 10.2. The van der Waals surface area contributed by atoms with Gasteiger partial charge in [-0.15, -0.1) is 0 Å². The Morgan fingerprint density at radius 3 is 1.61 bits per heavy atom. The third kappa shape index (κ3) is 14.6. The number of carbonyl (C=O) groups excluding carboxylic acids is 1. The van der Waals surface area contributed by atoms with Crippen LogP contribution in [0.15, 0.2) is 30.3 Å². The summed E-state index contributed by atoms with van der Waals surface area (Å²) in [5.74, 6) is -3.65. The fraction of sp³-hybridized carbons (Fsp3) is 0.524. The number of rotatable bonds is 19. The van der Waals surface area contributed by atoms with E-state index in [2.05, 4.69) is 0 Å². The molecule has 0 spiro atoms. The topological polar surface area (TPSA) is 163 Å². The summed E-state index contributed by atoms with van der Waals surface area (Å²) in [6.07, 6.45) is 0. The van der Waals surface area contributed by atoms with Crippen LogP contribution in [0, 0.1) is 0 Å². The minimum atomic E-state index is -1.13. The molecule has 0 bridgehead atoms. The highest BCUT2D eigenvalue weighted by molar-refractivity contribution is 5.78. The number of benzene rings is 1. The Labute approximate surface area is 191 Å². The van der Waals surface area contributed by atoms with Gasteiger partial charge in [0.1, 0.15) is 19.8 Å². The van der Waals surface area contributed by atoms with Crippen LogP contribution in [0.2, 0.25) is 0 Å². The van der Waals surface area contributed by atoms with E-state index in [4.69, 9.17) is 29.5 Å². The number of ether oxygens (including phenoxy) is 3. The van der Waals surface area contributed by atoms with Crippen molar-refractivity contribution in [3.05, 3.63) is 35.9 Å². The lowest BCUT2D eigenvalue weighted by Crippen LogP contribution is -2.44. The van der Waals surface area contributed by atoms with Gasteiger partial charge in [0.15, 0.2) is 0 Å². The Bertz CT molecular complexity index is 722. The average Bonchev–Trinajstić information content (AvgIpc) is 2.75. The molecule has 1 aromatic rings. The molecule has 0 fully saturated rings. The highest BCUT2D eigenvalue weighted by Gasteiger charge is 2.18. The Hall–Kier alpha value is -3.06. The normalized spacial score (nSPS) is 10.8. The second-order valence-corrected chi connectivity index (χ2v) is 6.92. The monoisotopic (exact) mass is 470 g/mol. The molecule has 12 heteroatoms. The quantitative estimate of drug-likeness (QED) is 0.226. The van der Waals surface area contributed by atoms with Crippen molar-refractivity contribution in [1.29, 1.82) is 0 Å². The summed E-state index contributed by atoms with van der Waals surface area (Å²) >= 11 is 0. The Kier molecular flexibility index (Phi) is 14.0. The minimum Gasteiger partial charge on any atom is -0.480 e. The summed E-state index contributed by atoms with van der Waals surface area (Å²) in [6, 6.07) is 9.38. The van der Waals surface area contributed by atoms with E-state index in [0.717, 1.165) is 5.56 Å². The Balaban J connectivity index is 2.73. The molecule has 33 heavy (non-hydrogen) atoms. The molecule has 12 nitrogen and oxygen atoms in total. The van der Waals surface area contributed by atoms with Crippen molar-refractivity contribution in [1.82, 2.24) is 9.80 Å². The molecule has 0 heterocycles. The summed E-state index contributed by atoms with van der Waals surface area (Å²) in [5, 5.41) is 26.1. The molecule has 1 rings (SSSR count). The van der Waals surface area contributed by atoms with Gasteiger partial charge in [-0.3, -0.25) is 9.69 Å². The lowest BCUT2D eigenvalue weighted by molar-refractivity contribution is -0.144. The van der Waals surface area contributed by atoms with Gasteiger partial charge in [0.2, 0.25) is 5.91 Å². The summed E-state index contributed by atoms with van der Waals surface area (Å²) in [7, 11) is 0. The molecule has 0 unspecified atom stereocenters. The molecule has 184 valence electrons. The van der Waals surface area contributed by atoms with E-state index in [-0.39, 0.29) is 45.4 Å². The molecule has 0 radical (unpaired) electrons. The van der Waals surface area contributed by atoms with Crippen molar-refractivity contribution in [2.24, 2.45) is 0 Å². The summed E-state index contributed by atoms with van der Waals surface area (Å²) in [5.41, 5.74) is 0.949. The van der Waals surface area contributed by atoms with Crippen LogP contribution in [0.5, 0.6) is 0 Å². The molecule has 1 aromatic carbocycles. The van der Waals surface area contributed by atoms with Crippen LogP contribution in [-0.2, 0) is 39.9 Å². The second kappa shape index (κ2) is 16.6. The Morgan fingerprint density at radius 2 is 1.15 bits per heavy atom. The van der Waals surface area contributed by atoms with Crippen molar-refractivity contribution in [2.75, 3.05) is 65.8 Å². The van der Waals surface area contributed by atoms with Gasteiger partial charge in [0.05, 0.1) is 26.4 Å². The van der Waals surface area contributed by atoms with E-state index in [1.165, 1.54) is 4.90 Å². The first kappa shape index (κ1) is 28.0. The van der Waals surface area contributed by atoms with Gasteiger partial charge in [-0.05, 0) is 5.56 Å². The SMILES string of the molecule is O=C(O)COCCN(CC(=O)N(CCOCC(=O)O)CCOCC(=O)O)Cc1ccccc1. The smallest absolute Gasteiger partial charge is 0.329 e. The number of nitrogens with zero attached hydrogens (tertiary/aromatic N) is 2. The van der Waals surface area contributed by atoms with Crippen molar-refractivity contribution in [3.63, 3.8) is 0 Å². The van der Waals surface area contributed by atoms with E-state index in [0.29, 0.717) is 13.1 Å². The number of hydrogen-bond donors (Lipinski definition) is 3. The highest BCUT2D eigenvalue weighted by atomic mass is 16.5. The van der Waals surface area contributed by atoms with Crippen LogP contribution >= 0.6 is 0 Å². The van der Waals surface area contributed by atoms with Crippen LogP contribution in [0.4, 0.5) is 0 Å². The van der Waals surface area contributed by atoms with Gasteiger partial charge in [0, 0.05) is 26.2 Å². The molecule has 0 aliphatic carbocycles. The minimum absolute atomic E-state index is 0.0165. The maximum absolute atomic E-state index is 12.9. The predicted octanol–water partition coefficient (Wildman–Crippen LogP) is -0.379. The fourth-order valence-corrected chi connectivity index (χ4v) is 2.73. The molecule has 0 aliphatic rings. The van der Waals surface area contributed by atoms with Crippen molar-refractivity contribution in [3.8, 4) is 0 Å². The molecule has 3 N–H and O–H groups in total. The van der Waals surface area contributed by atoms with Gasteiger partial charge in [-0.25, -0.2) is 14.4 Å². The number of amides is 1. The van der Waals surface area contributed by atoms with Gasteiger partial charge in [-0.1, -0.05) is 30.3 Å². The molecule has 0 aromatic heterocycles. The zero-order valence-corrected chi connectivity index (χ0v) is 18.3. The molecule has 0 aliphatic heterocycles. The van der Waals surface area contributed by atoms with Gasteiger partial charge in [-0.2, -0.15) is 0 Å². The van der Waals surface area contributed by atoms with E-state index >= 15 is 0 Å². The largest absolute Gasteiger partial charge is 0.480 e. The van der Waals surface area contributed by atoms with Crippen LogP contribution in [0.25, 0.3) is 0 Å². The first-order valence-electron chi connectivity index (χ1n) is 10.2. The van der Waals surface area contributed by atoms with E-state index < -0.39 is 37.7 Å². The number of carboxylic acids is 3. The van der Waals surface area contributed by atoms with Gasteiger partial charge in [0.25, 0.3) is 0 Å². The van der Waals surface area contributed by atoms with Crippen LogP contribution in [0.1, 0.15) is 5.56 Å². The van der Waals surface area contributed by atoms with Crippen molar-refractivity contribution < 1.29 is 48.7 Å². The zero-order chi connectivity index (χ0) is 24.5.